The van der Waals surface area contributed by atoms with Crippen LogP contribution in [0.25, 0.3) is 0 Å². The molecule has 0 aliphatic heterocycles. The normalized spacial score (nSPS) is 24.5. The number of benzene rings is 3. The molecule has 4 aliphatic rings. The van der Waals surface area contributed by atoms with Gasteiger partial charge in [0, 0.05) is 0 Å². The zero-order valence-corrected chi connectivity index (χ0v) is 28.6. The highest BCUT2D eigenvalue weighted by molar-refractivity contribution is 7.97. The summed E-state index contributed by atoms with van der Waals surface area (Å²) in [6.07, 6.45) is -6.73. The van der Waals surface area contributed by atoms with Gasteiger partial charge in [0.05, 0.1) is 16.3 Å². The molecule has 0 heterocycles. The minimum absolute atomic E-state index is 0.0497. The molecule has 0 spiro atoms. The summed E-state index contributed by atoms with van der Waals surface area (Å²) in [5, 5.41) is -5.68. The van der Waals surface area contributed by atoms with Crippen LogP contribution in [0.4, 0.5) is 22.0 Å². The van der Waals surface area contributed by atoms with Gasteiger partial charge in [0.1, 0.15) is 0 Å². The molecule has 1 N–H and O–H groups in total. The maximum Gasteiger partial charge on any atom is 0.432 e. The quantitative estimate of drug-likeness (QED) is 0.114. The molecule has 0 saturated heterocycles. The van der Waals surface area contributed by atoms with Crippen molar-refractivity contribution in [1.82, 2.24) is 0 Å². The van der Waals surface area contributed by atoms with E-state index in [-0.39, 0.29) is 53.3 Å². The van der Waals surface area contributed by atoms with Gasteiger partial charge >= 0.3 is 27.5 Å². The predicted molar refractivity (Wildman–Crippen MR) is 173 cm³/mol. The first-order chi connectivity index (χ1) is 22.3. The Balaban J connectivity index is 0.000000188. The van der Waals surface area contributed by atoms with Crippen LogP contribution in [0, 0.1) is 23.2 Å². The van der Waals surface area contributed by atoms with Crippen molar-refractivity contribution in [3.05, 3.63) is 90.5 Å². The third kappa shape index (κ3) is 7.75. The second-order valence-corrected chi connectivity index (χ2v) is 17.8. The van der Waals surface area contributed by atoms with Gasteiger partial charge in [-0.15, -0.1) is 0 Å². The van der Waals surface area contributed by atoms with E-state index < -0.39 is 39.0 Å². The number of rotatable bonds is 7. The molecule has 4 fully saturated rings. The van der Waals surface area contributed by atoms with Crippen LogP contribution in [-0.4, -0.2) is 36.5 Å². The predicted octanol–water partition coefficient (Wildman–Crippen LogP) is 9.24. The second kappa shape index (κ2) is 13.4. The number of carbonyl (C=O) groups is 1. The summed E-state index contributed by atoms with van der Waals surface area (Å²) < 4.78 is 99.9. The molecular weight excluding hydrogens is 672 g/mol. The van der Waals surface area contributed by atoms with E-state index in [4.69, 9.17) is 4.55 Å². The molecule has 5 nitrogen and oxygen atoms in total. The lowest BCUT2D eigenvalue weighted by atomic mass is 9.49. The molecule has 3 aromatic carbocycles. The van der Waals surface area contributed by atoms with Crippen LogP contribution in [0.15, 0.2) is 99.6 Å². The van der Waals surface area contributed by atoms with Gasteiger partial charge in [0.2, 0.25) is 0 Å². The van der Waals surface area contributed by atoms with Gasteiger partial charge in [0.25, 0.3) is 6.10 Å². The molecule has 0 radical (unpaired) electrons. The lowest BCUT2D eigenvalue weighted by molar-refractivity contribution is -0.266. The van der Waals surface area contributed by atoms with Crippen LogP contribution in [0.2, 0.25) is 0 Å². The van der Waals surface area contributed by atoms with Gasteiger partial charge in [-0.3, -0.25) is 9.35 Å². The number of carbonyl (C=O) groups excluding carboxylic acids is 1. The topological polar surface area (TPSA) is 80.7 Å². The van der Waals surface area contributed by atoms with Gasteiger partial charge < -0.3 is 4.74 Å². The van der Waals surface area contributed by atoms with Crippen LogP contribution in [0.1, 0.15) is 64.9 Å². The average molecular weight is 712 g/mol. The summed E-state index contributed by atoms with van der Waals surface area (Å²) >= 11 is 0. The van der Waals surface area contributed by atoms with Gasteiger partial charge in [-0.1, -0.05) is 69.3 Å². The van der Waals surface area contributed by atoms with Gasteiger partial charge in [0.15, 0.2) is 14.7 Å². The van der Waals surface area contributed by atoms with E-state index in [1.54, 1.807) is 0 Å². The number of alkyl halides is 5. The highest BCUT2D eigenvalue weighted by Crippen LogP contribution is 2.60. The SMILES string of the molecule is CC(C)(C)c1ccc([S+](c2ccccc2)c2ccccc2)cc1.O=C(OC(C(F)(F)F)C(F)(F)S(=O)(=O)O)C12CC3CC(CC(C3)C1)C2. The molecule has 4 saturated carbocycles. The van der Waals surface area contributed by atoms with Crippen molar-refractivity contribution in [3.8, 4) is 0 Å². The van der Waals surface area contributed by atoms with E-state index in [1.807, 2.05) is 0 Å². The van der Waals surface area contributed by atoms with Crippen molar-refractivity contribution in [2.75, 3.05) is 0 Å². The van der Waals surface area contributed by atoms with Crippen molar-refractivity contribution in [1.29, 1.82) is 0 Å². The van der Waals surface area contributed by atoms with E-state index in [0.717, 1.165) is 19.3 Å². The fraction of sp³-hybridized carbons (Fsp3) is 0.472. The molecule has 48 heavy (non-hydrogen) atoms. The van der Waals surface area contributed by atoms with Crippen molar-refractivity contribution in [2.45, 2.75) is 96.9 Å². The first-order valence-electron chi connectivity index (χ1n) is 15.9. The smallest absolute Gasteiger partial charge is 0.432 e. The fourth-order valence-corrected chi connectivity index (χ4v) is 10.2. The third-order valence-electron chi connectivity index (χ3n) is 9.56. The molecule has 4 aliphatic carbocycles. The molecule has 0 amide bonds. The fourth-order valence-electron chi connectivity index (χ4n) is 7.67. The monoisotopic (exact) mass is 711 g/mol. The highest BCUT2D eigenvalue weighted by Gasteiger charge is 2.67. The number of halogens is 5. The summed E-state index contributed by atoms with van der Waals surface area (Å²) in [6.45, 7) is 6.78. The summed E-state index contributed by atoms with van der Waals surface area (Å²) in [5.74, 6) is -1.02. The van der Waals surface area contributed by atoms with E-state index in [2.05, 4.69) is 110 Å². The van der Waals surface area contributed by atoms with Gasteiger partial charge in [-0.25, -0.2) is 0 Å². The Morgan fingerprint density at radius 3 is 1.50 bits per heavy atom. The number of esters is 1. The van der Waals surface area contributed by atoms with Crippen molar-refractivity contribution < 1.29 is 44.5 Å². The first-order valence-corrected chi connectivity index (χ1v) is 18.5. The lowest BCUT2D eigenvalue weighted by Crippen LogP contribution is -2.56. The summed E-state index contributed by atoms with van der Waals surface area (Å²) in [5.41, 5.74) is 0.301. The first kappa shape index (κ1) is 36.3. The van der Waals surface area contributed by atoms with E-state index in [9.17, 15) is 35.2 Å². The van der Waals surface area contributed by atoms with Gasteiger partial charge in [-0.05, 0) is 104 Å². The van der Waals surface area contributed by atoms with Crippen LogP contribution >= 0.6 is 0 Å². The Hall–Kier alpha value is -2.96. The molecule has 1 unspecified atom stereocenters. The van der Waals surface area contributed by atoms with Crippen LogP contribution in [0.3, 0.4) is 0 Å². The maximum absolute atomic E-state index is 13.6. The summed E-state index contributed by atoms with van der Waals surface area (Å²) in [4.78, 5) is 16.5. The van der Waals surface area contributed by atoms with E-state index in [0.29, 0.717) is 0 Å². The number of hydrogen-bond donors (Lipinski definition) is 1. The molecule has 7 rings (SSSR count). The zero-order chi connectivity index (χ0) is 35.1. The Morgan fingerprint density at radius 1 is 0.750 bits per heavy atom. The van der Waals surface area contributed by atoms with Crippen LogP contribution < -0.4 is 0 Å². The van der Waals surface area contributed by atoms with Crippen LogP contribution in [-0.2, 0) is 36.0 Å². The molecule has 12 heteroatoms. The Kier molecular flexibility index (Phi) is 10.1. The van der Waals surface area contributed by atoms with Crippen molar-refractivity contribution in [3.63, 3.8) is 0 Å². The summed E-state index contributed by atoms with van der Waals surface area (Å²) in [7, 11) is -6.47. The zero-order valence-electron chi connectivity index (χ0n) is 26.9. The Bertz CT molecular complexity index is 1600. The Labute approximate surface area is 281 Å². The van der Waals surface area contributed by atoms with Crippen LogP contribution in [0.5, 0.6) is 0 Å². The highest BCUT2D eigenvalue weighted by atomic mass is 32.2. The minimum Gasteiger partial charge on any atom is -0.444 e. The average Bonchev–Trinajstić information content (AvgIpc) is 2.99. The van der Waals surface area contributed by atoms with Gasteiger partial charge in [-0.2, -0.15) is 30.4 Å². The number of ether oxygens (including phenoxy) is 1. The van der Waals surface area contributed by atoms with Crippen molar-refractivity contribution in [2.24, 2.45) is 23.2 Å². The standard InChI is InChI=1S/C22H23S.C14H17F5O5S/c1-22(2,3)18-14-16-21(17-15-18)23(19-10-6-4-7-11-19)20-12-8-5-9-13-20;15-13(16,17)10(14(18,19)25(21,22)23)24-11(20)12-4-7-1-8(5-12)3-9(2-7)6-12/h4-17H,1-3H3;7-10H,1-6H2,(H,21,22,23)/q+1;. The second-order valence-electron chi connectivity index (χ2n) is 14.3. The van der Waals surface area contributed by atoms with E-state index in [1.165, 1.54) is 20.2 Å². The molecule has 0 aromatic heterocycles. The molecular formula is C36H40F5O5S2+. The molecule has 3 aromatic rings. The van der Waals surface area contributed by atoms with Crippen molar-refractivity contribution >= 4 is 27.0 Å². The molecule has 260 valence electrons. The lowest BCUT2D eigenvalue weighted by Gasteiger charge is -2.55. The largest absolute Gasteiger partial charge is 0.444 e. The number of hydrogen-bond acceptors (Lipinski definition) is 4. The molecule has 1 atom stereocenters. The minimum atomic E-state index is -6.42. The third-order valence-corrected chi connectivity index (χ3v) is 12.7. The maximum atomic E-state index is 13.6. The molecule has 4 bridgehead atoms. The Morgan fingerprint density at radius 2 is 1.15 bits per heavy atom. The van der Waals surface area contributed by atoms with E-state index >= 15 is 0 Å². The summed E-state index contributed by atoms with van der Waals surface area (Å²) in [6, 6.07) is 30.7.